The topological polar surface area (TPSA) is 79.4 Å². The van der Waals surface area contributed by atoms with Crippen molar-refractivity contribution in [2.45, 2.75) is 25.2 Å². The zero-order valence-corrected chi connectivity index (χ0v) is 17.6. The molecule has 31 heavy (non-hydrogen) atoms. The third-order valence-corrected chi connectivity index (χ3v) is 6.41. The fourth-order valence-electron chi connectivity index (χ4n) is 3.10. The number of fused-ring (bicyclic) bond motifs is 1. The molecule has 0 atom stereocenters. The highest BCUT2D eigenvalue weighted by atomic mass is 32.2. The van der Waals surface area contributed by atoms with Gasteiger partial charge in [-0.15, -0.1) is 0 Å². The molecule has 0 fully saturated rings. The lowest BCUT2D eigenvalue weighted by Crippen LogP contribution is -2.38. The first-order valence-corrected chi connectivity index (χ1v) is 10.9. The van der Waals surface area contributed by atoms with Crippen molar-refractivity contribution in [1.82, 2.24) is 9.29 Å². The summed E-state index contributed by atoms with van der Waals surface area (Å²) in [5.41, 5.74) is 0.543. The van der Waals surface area contributed by atoms with Crippen LogP contribution in [0.4, 0.5) is 18.9 Å². The molecule has 0 bridgehead atoms. The van der Waals surface area contributed by atoms with E-state index >= 15 is 0 Å². The summed E-state index contributed by atoms with van der Waals surface area (Å²) in [6.07, 6.45) is 1.95. The van der Waals surface area contributed by atoms with Gasteiger partial charge in [0.1, 0.15) is 4.90 Å². The van der Waals surface area contributed by atoms with Crippen LogP contribution in [0.1, 0.15) is 18.9 Å². The van der Waals surface area contributed by atoms with Gasteiger partial charge in [0.15, 0.2) is 17.5 Å². The van der Waals surface area contributed by atoms with Crippen molar-refractivity contribution < 1.29 is 26.4 Å². The van der Waals surface area contributed by atoms with Gasteiger partial charge < -0.3 is 5.32 Å². The fraction of sp³-hybridized carbons (Fsp3) is 0.238. The third kappa shape index (κ3) is 4.70. The zero-order chi connectivity index (χ0) is 22.8. The minimum absolute atomic E-state index is 0.0122. The number of sulfonamides is 1. The Labute approximate surface area is 177 Å². The number of nitrogens with one attached hydrogen (secondary N) is 1. The number of rotatable bonds is 7. The van der Waals surface area contributed by atoms with E-state index < -0.39 is 45.6 Å². The largest absolute Gasteiger partial charge is 0.322 e. The summed E-state index contributed by atoms with van der Waals surface area (Å²) in [5, 5.41) is 2.72. The van der Waals surface area contributed by atoms with Gasteiger partial charge in [-0.25, -0.2) is 21.6 Å². The van der Waals surface area contributed by atoms with Gasteiger partial charge in [0.25, 0.3) is 0 Å². The van der Waals surface area contributed by atoms with E-state index in [1.54, 1.807) is 31.3 Å². The SMILES string of the molecule is CCCN(CC(=O)Nc1ccc(F)c(F)c1F)S(=O)(=O)c1cccc2cc(C)cnc12. The van der Waals surface area contributed by atoms with Gasteiger partial charge in [0, 0.05) is 18.1 Å². The van der Waals surface area contributed by atoms with Crippen molar-refractivity contribution in [3.8, 4) is 0 Å². The number of aryl methyl sites for hydroxylation is 1. The Bertz CT molecular complexity index is 1250. The van der Waals surface area contributed by atoms with E-state index in [-0.39, 0.29) is 17.0 Å². The molecular formula is C21H20F3N3O3S. The van der Waals surface area contributed by atoms with Crippen LogP contribution < -0.4 is 5.32 Å². The van der Waals surface area contributed by atoms with Crippen LogP contribution in [0.2, 0.25) is 0 Å². The zero-order valence-electron chi connectivity index (χ0n) is 16.8. The summed E-state index contributed by atoms with van der Waals surface area (Å²) in [5.74, 6) is -5.59. The second-order valence-electron chi connectivity index (χ2n) is 6.95. The lowest BCUT2D eigenvalue weighted by atomic mass is 10.2. The Hall–Kier alpha value is -2.98. The number of hydrogen-bond acceptors (Lipinski definition) is 4. The second-order valence-corrected chi connectivity index (χ2v) is 8.86. The molecule has 3 rings (SSSR count). The molecule has 0 aliphatic carbocycles. The van der Waals surface area contributed by atoms with Crippen LogP contribution in [0.3, 0.4) is 0 Å². The normalized spacial score (nSPS) is 11.8. The average Bonchev–Trinajstić information content (AvgIpc) is 2.73. The smallest absolute Gasteiger partial charge is 0.245 e. The number of amides is 1. The maximum Gasteiger partial charge on any atom is 0.245 e. The van der Waals surface area contributed by atoms with Crippen LogP contribution in [-0.4, -0.2) is 36.7 Å². The molecule has 0 saturated heterocycles. The molecule has 1 aromatic heterocycles. The molecule has 0 unspecified atom stereocenters. The molecule has 10 heteroatoms. The highest BCUT2D eigenvalue weighted by Gasteiger charge is 2.28. The molecule has 164 valence electrons. The number of carbonyl (C=O) groups excluding carboxylic acids is 1. The van der Waals surface area contributed by atoms with Crippen LogP contribution in [-0.2, 0) is 14.8 Å². The molecule has 3 aromatic rings. The fourth-order valence-corrected chi connectivity index (χ4v) is 4.75. The molecule has 0 saturated carbocycles. The Balaban J connectivity index is 1.91. The molecule has 6 nitrogen and oxygen atoms in total. The van der Waals surface area contributed by atoms with E-state index in [0.717, 1.165) is 15.9 Å². The first kappa shape index (κ1) is 22.7. The van der Waals surface area contributed by atoms with Gasteiger partial charge in [-0.05, 0) is 43.2 Å². The molecule has 0 spiro atoms. The van der Waals surface area contributed by atoms with Crippen molar-refractivity contribution in [3.05, 3.63) is 65.6 Å². The number of para-hydroxylation sites is 1. The average molecular weight is 451 g/mol. The molecule has 0 radical (unpaired) electrons. The number of benzene rings is 2. The van der Waals surface area contributed by atoms with E-state index in [1.807, 2.05) is 6.92 Å². The quantitative estimate of drug-likeness (QED) is 0.551. The van der Waals surface area contributed by atoms with Gasteiger partial charge in [0.2, 0.25) is 15.9 Å². The van der Waals surface area contributed by atoms with E-state index in [0.29, 0.717) is 17.9 Å². The number of carbonyl (C=O) groups is 1. The summed E-state index contributed by atoms with van der Waals surface area (Å²) >= 11 is 0. The maximum atomic E-state index is 13.8. The molecular weight excluding hydrogens is 431 g/mol. The summed E-state index contributed by atoms with van der Waals surface area (Å²) in [4.78, 5) is 16.6. The molecule has 0 aliphatic heterocycles. The van der Waals surface area contributed by atoms with E-state index in [2.05, 4.69) is 10.3 Å². The van der Waals surface area contributed by atoms with Crippen LogP contribution in [0.25, 0.3) is 10.9 Å². The maximum absolute atomic E-state index is 13.8. The van der Waals surface area contributed by atoms with Crippen molar-refractivity contribution in [3.63, 3.8) is 0 Å². The molecule has 2 aromatic carbocycles. The standard InChI is InChI=1S/C21H20F3N3O3S/c1-3-9-27(12-18(28)26-16-8-7-15(22)19(23)20(16)24)31(29,30)17-6-4-5-14-10-13(2)11-25-21(14)17/h4-8,10-11H,3,9,12H2,1-2H3,(H,26,28). The number of hydrogen-bond donors (Lipinski definition) is 1. The lowest BCUT2D eigenvalue weighted by Gasteiger charge is -2.22. The van der Waals surface area contributed by atoms with Gasteiger partial charge in [-0.3, -0.25) is 9.78 Å². The number of aromatic nitrogens is 1. The van der Waals surface area contributed by atoms with Gasteiger partial charge in [-0.1, -0.05) is 19.1 Å². The van der Waals surface area contributed by atoms with Crippen LogP contribution in [0.5, 0.6) is 0 Å². The van der Waals surface area contributed by atoms with Crippen LogP contribution in [0.15, 0.2) is 47.5 Å². The first-order chi connectivity index (χ1) is 14.6. The van der Waals surface area contributed by atoms with Gasteiger partial charge >= 0.3 is 0 Å². The Morgan fingerprint density at radius 1 is 1.13 bits per heavy atom. The lowest BCUT2D eigenvalue weighted by molar-refractivity contribution is -0.116. The van der Waals surface area contributed by atoms with Crippen molar-refractivity contribution in [2.24, 2.45) is 0 Å². The van der Waals surface area contributed by atoms with Gasteiger partial charge in [-0.2, -0.15) is 4.31 Å². The van der Waals surface area contributed by atoms with Crippen LogP contribution in [0, 0.1) is 24.4 Å². The van der Waals surface area contributed by atoms with E-state index in [9.17, 15) is 26.4 Å². The number of pyridine rings is 1. The summed E-state index contributed by atoms with van der Waals surface area (Å²) in [6, 6.07) is 8.04. The molecule has 1 N–H and O–H groups in total. The van der Waals surface area contributed by atoms with E-state index in [4.69, 9.17) is 0 Å². The summed E-state index contributed by atoms with van der Waals surface area (Å²) in [7, 11) is -4.13. The predicted octanol–water partition coefficient (Wildman–Crippen LogP) is 4.00. The number of nitrogens with zero attached hydrogens (tertiary/aromatic N) is 2. The minimum Gasteiger partial charge on any atom is -0.322 e. The van der Waals surface area contributed by atoms with Gasteiger partial charge in [0.05, 0.1) is 17.7 Å². The molecule has 0 aliphatic rings. The third-order valence-electron chi connectivity index (χ3n) is 4.53. The second kappa shape index (κ2) is 9.03. The number of anilines is 1. The Kier molecular flexibility index (Phi) is 6.61. The minimum atomic E-state index is -4.13. The van der Waals surface area contributed by atoms with Crippen molar-refractivity contribution in [2.75, 3.05) is 18.4 Å². The van der Waals surface area contributed by atoms with E-state index in [1.165, 1.54) is 6.07 Å². The monoisotopic (exact) mass is 451 g/mol. The molecule has 1 heterocycles. The Morgan fingerprint density at radius 3 is 2.58 bits per heavy atom. The van der Waals surface area contributed by atoms with Crippen LogP contribution >= 0.6 is 0 Å². The number of halogens is 3. The highest BCUT2D eigenvalue weighted by Crippen LogP contribution is 2.25. The summed E-state index contributed by atoms with van der Waals surface area (Å²) in [6.45, 7) is 2.94. The highest BCUT2D eigenvalue weighted by molar-refractivity contribution is 7.89. The molecule has 1 amide bonds. The van der Waals surface area contributed by atoms with Crippen molar-refractivity contribution >= 4 is 32.5 Å². The predicted molar refractivity (Wildman–Crippen MR) is 110 cm³/mol. The summed E-state index contributed by atoms with van der Waals surface area (Å²) < 4.78 is 67.9. The Morgan fingerprint density at radius 2 is 1.87 bits per heavy atom. The first-order valence-electron chi connectivity index (χ1n) is 9.44. The van der Waals surface area contributed by atoms with Crippen molar-refractivity contribution in [1.29, 1.82) is 0 Å².